The molecule has 0 unspecified atom stereocenters. The highest BCUT2D eigenvalue weighted by Crippen LogP contribution is 2.01. The zero-order valence-electron chi connectivity index (χ0n) is 8.43. The van der Waals surface area contributed by atoms with Gasteiger partial charge in [-0.15, -0.1) is 12.4 Å². The lowest BCUT2D eigenvalue weighted by molar-refractivity contribution is 0.146. The van der Waals surface area contributed by atoms with Crippen LogP contribution in [0.3, 0.4) is 0 Å². The molecule has 1 aromatic rings. The van der Waals surface area contributed by atoms with E-state index in [1.165, 1.54) is 0 Å². The van der Waals surface area contributed by atoms with Crippen molar-refractivity contribution in [2.45, 2.75) is 20.3 Å². The standard InChI is InChI=1S/C10H14N2O.ClH/c1-3-6-13-12-8-10-4-5-11-7-9(10)2;/h4-5,7-8H,3,6H2,1-2H3;1H/b12-8-;. The van der Waals surface area contributed by atoms with Crippen LogP contribution in [0.2, 0.25) is 0 Å². The largest absolute Gasteiger partial charge is 0.396 e. The fourth-order valence-corrected chi connectivity index (χ4v) is 0.867. The summed E-state index contributed by atoms with van der Waals surface area (Å²) in [6, 6.07) is 1.91. The van der Waals surface area contributed by atoms with Crippen LogP contribution in [0.15, 0.2) is 23.6 Å². The van der Waals surface area contributed by atoms with Crippen LogP contribution in [0.5, 0.6) is 0 Å². The van der Waals surface area contributed by atoms with Crippen molar-refractivity contribution < 1.29 is 4.84 Å². The molecular weight excluding hydrogens is 200 g/mol. The summed E-state index contributed by atoms with van der Waals surface area (Å²) in [6.07, 6.45) is 6.24. The van der Waals surface area contributed by atoms with E-state index in [-0.39, 0.29) is 12.4 Å². The SMILES string of the molecule is CCCO/N=C\c1ccncc1C.Cl. The van der Waals surface area contributed by atoms with Crippen LogP contribution >= 0.6 is 12.4 Å². The Labute approximate surface area is 90.6 Å². The first-order valence-electron chi connectivity index (χ1n) is 4.40. The van der Waals surface area contributed by atoms with Crippen molar-refractivity contribution in [3.8, 4) is 0 Å². The van der Waals surface area contributed by atoms with Gasteiger partial charge in [0.1, 0.15) is 6.61 Å². The third-order valence-corrected chi connectivity index (χ3v) is 1.63. The normalized spacial score (nSPS) is 9.86. The van der Waals surface area contributed by atoms with Gasteiger partial charge in [-0.25, -0.2) is 0 Å². The lowest BCUT2D eigenvalue weighted by atomic mass is 10.2. The summed E-state index contributed by atoms with van der Waals surface area (Å²) < 4.78 is 0. The molecule has 1 aromatic heterocycles. The van der Waals surface area contributed by atoms with Crippen LogP contribution in [-0.4, -0.2) is 17.8 Å². The second-order valence-electron chi connectivity index (χ2n) is 2.80. The van der Waals surface area contributed by atoms with Gasteiger partial charge < -0.3 is 4.84 Å². The predicted octanol–water partition coefficient (Wildman–Crippen LogP) is 2.57. The van der Waals surface area contributed by atoms with Crippen molar-refractivity contribution in [3.05, 3.63) is 29.6 Å². The molecule has 0 radical (unpaired) electrons. The monoisotopic (exact) mass is 214 g/mol. The number of hydrogen-bond acceptors (Lipinski definition) is 3. The van der Waals surface area contributed by atoms with E-state index in [0.29, 0.717) is 6.61 Å². The zero-order chi connectivity index (χ0) is 9.52. The van der Waals surface area contributed by atoms with Crippen molar-refractivity contribution >= 4 is 18.6 Å². The van der Waals surface area contributed by atoms with Crippen molar-refractivity contribution in [1.29, 1.82) is 0 Å². The number of aromatic nitrogens is 1. The molecule has 1 rings (SSSR count). The molecule has 4 heteroatoms. The predicted molar refractivity (Wildman–Crippen MR) is 60.1 cm³/mol. The molecule has 3 nitrogen and oxygen atoms in total. The number of oxime groups is 1. The quantitative estimate of drug-likeness (QED) is 0.439. The average Bonchev–Trinajstić information content (AvgIpc) is 2.15. The van der Waals surface area contributed by atoms with Crippen LogP contribution in [0, 0.1) is 6.92 Å². The van der Waals surface area contributed by atoms with Crippen LogP contribution in [0.25, 0.3) is 0 Å². The maximum absolute atomic E-state index is 4.99. The van der Waals surface area contributed by atoms with Crippen molar-refractivity contribution in [2.75, 3.05) is 6.61 Å². The molecule has 14 heavy (non-hydrogen) atoms. The van der Waals surface area contributed by atoms with Crippen molar-refractivity contribution in [2.24, 2.45) is 5.16 Å². The number of hydrogen-bond donors (Lipinski definition) is 0. The molecule has 1 heterocycles. The Morgan fingerprint density at radius 2 is 2.36 bits per heavy atom. The highest BCUT2D eigenvalue weighted by atomic mass is 35.5. The van der Waals surface area contributed by atoms with Gasteiger partial charge in [0.2, 0.25) is 0 Å². The molecule has 0 aromatic carbocycles. The molecule has 0 N–H and O–H groups in total. The Hall–Kier alpha value is -1.09. The molecule has 0 saturated heterocycles. The summed E-state index contributed by atoms with van der Waals surface area (Å²) in [6.45, 7) is 4.71. The summed E-state index contributed by atoms with van der Waals surface area (Å²) in [5.41, 5.74) is 2.15. The summed E-state index contributed by atoms with van der Waals surface area (Å²) in [7, 11) is 0. The third-order valence-electron chi connectivity index (χ3n) is 1.63. The maximum Gasteiger partial charge on any atom is 0.116 e. The van der Waals surface area contributed by atoms with E-state index < -0.39 is 0 Å². The molecule has 0 spiro atoms. The molecule has 0 bridgehead atoms. The molecule has 0 saturated carbocycles. The fourth-order valence-electron chi connectivity index (χ4n) is 0.867. The Balaban J connectivity index is 0.00000169. The van der Waals surface area contributed by atoms with E-state index in [4.69, 9.17) is 4.84 Å². The zero-order valence-corrected chi connectivity index (χ0v) is 9.25. The Kier molecular flexibility index (Phi) is 6.76. The van der Waals surface area contributed by atoms with E-state index in [0.717, 1.165) is 17.5 Å². The van der Waals surface area contributed by atoms with E-state index in [9.17, 15) is 0 Å². The maximum atomic E-state index is 4.99. The van der Waals surface area contributed by atoms with E-state index >= 15 is 0 Å². The highest BCUT2D eigenvalue weighted by Gasteiger charge is 1.91. The smallest absolute Gasteiger partial charge is 0.116 e. The second kappa shape index (κ2) is 7.33. The van der Waals surface area contributed by atoms with Gasteiger partial charge >= 0.3 is 0 Å². The number of pyridine rings is 1. The second-order valence-corrected chi connectivity index (χ2v) is 2.80. The minimum absolute atomic E-state index is 0. The van der Waals surface area contributed by atoms with Gasteiger partial charge in [-0.05, 0) is 25.0 Å². The molecule has 0 aliphatic rings. The van der Waals surface area contributed by atoms with Gasteiger partial charge in [0.05, 0.1) is 6.21 Å². The number of aryl methyl sites for hydroxylation is 1. The lowest BCUT2D eigenvalue weighted by Crippen LogP contribution is -1.90. The van der Waals surface area contributed by atoms with Crippen molar-refractivity contribution in [3.63, 3.8) is 0 Å². The highest BCUT2D eigenvalue weighted by molar-refractivity contribution is 5.85. The minimum atomic E-state index is 0. The van der Waals surface area contributed by atoms with Crippen LogP contribution in [-0.2, 0) is 4.84 Å². The fraction of sp³-hybridized carbons (Fsp3) is 0.400. The van der Waals surface area contributed by atoms with Crippen LogP contribution in [0.4, 0.5) is 0 Å². The number of halogens is 1. The first-order chi connectivity index (χ1) is 6.34. The third kappa shape index (κ3) is 4.23. The first-order valence-corrected chi connectivity index (χ1v) is 4.40. The first kappa shape index (κ1) is 12.9. The molecule has 0 aliphatic heterocycles. The Morgan fingerprint density at radius 3 is 3.00 bits per heavy atom. The molecule has 0 atom stereocenters. The topological polar surface area (TPSA) is 34.5 Å². The summed E-state index contributed by atoms with van der Waals surface area (Å²) >= 11 is 0. The summed E-state index contributed by atoms with van der Waals surface area (Å²) in [5.74, 6) is 0. The lowest BCUT2D eigenvalue weighted by Gasteiger charge is -1.97. The van der Waals surface area contributed by atoms with E-state index in [1.54, 1.807) is 18.6 Å². The van der Waals surface area contributed by atoms with Gasteiger partial charge in [-0.1, -0.05) is 12.1 Å². The van der Waals surface area contributed by atoms with Gasteiger partial charge in [-0.3, -0.25) is 4.98 Å². The van der Waals surface area contributed by atoms with Gasteiger partial charge in [0.25, 0.3) is 0 Å². The summed E-state index contributed by atoms with van der Waals surface area (Å²) in [4.78, 5) is 8.98. The molecule has 0 aliphatic carbocycles. The Morgan fingerprint density at radius 1 is 1.57 bits per heavy atom. The molecule has 78 valence electrons. The van der Waals surface area contributed by atoms with E-state index in [1.807, 2.05) is 19.9 Å². The van der Waals surface area contributed by atoms with Gasteiger partial charge in [0, 0.05) is 18.0 Å². The van der Waals surface area contributed by atoms with E-state index in [2.05, 4.69) is 10.1 Å². The van der Waals surface area contributed by atoms with Crippen LogP contribution < -0.4 is 0 Å². The number of nitrogens with zero attached hydrogens (tertiary/aromatic N) is 2. The Bertz CT molecular complexity index is 289. The van der Waals surface area contributed by atoms with Crippen molar-refractivity contribution in [1.82, 2.24) is 4.98 Å². The molecule has 0 fully saturated rings. The average molecular weight is 215 g/mol. The molecular formula is C10H15ClN2O. The summed E-state index contributed by atoms with van der Waals surface area (Å²) in [5, 5.41) is 3.84. The van der Waals surface area contributed by atoms with Crippen LogP contribution in [0.1, 0.15) is 24.5 Å². The van der Waals surface area contributed by atoms with Gasteiger partial charge in [0.15, 0.2) is 0 Å². The van der Waals surface area contributed by atoms with Gasteiger partial charge in [-0.2, -0.15) is 0 Å². The number of rotatable bonds is 4. The molecule has 0 amide bonds. The minimum Gasteiger partial charge on any atom is -0.396 e.